The molecule has 2 aromatic heterocycles. The van der Waals surface area contributed by atoms with Crippen LogP contribution in [-0.2, 0) is 11.3 Å². The first-order valence-corrected chi connectivity index (χ1v) is 4.81. The van der Waals surface area contributed by atoms with Gasteiger partial charge < -0.3 is 9.14 Å². The Hall–Kier alpha value is -2.53. The fourth-order valence-electron chi connectivity index (χ4n) is 1.50. The van der Waals surface area contributed by atoms with Gasteiger partial charge in [0.15, 0.2) is 0 Å². The number of carbonyl (C=O) groups excluding carboxylic acids is 1. The minimum absolute atomic E-state index is 0.217. The Morgan fingerprint density at radius 2 is 2.53 bits per heavy atom. The molecule has 0 atom stereocenters. The van der Waals surface area contributed by atoms with Crippen LogP contribution in [0.2, 0.25) is 0 Å². The fraction of sp³-hybridized carbons (Fsp3) is 0.200. The van der Waals surface area contributed by atoms with Gasteiger partial charge in [-0.25, -0.2) is 9.78 Å². The lowest BCUT2D eigenvalue weighted by Gasteiger charge is -2.01. The molecule has 2 rings (SSSR count). The summed E-state index contributed by atoms with van der Waals surface area (Å²) in [5.41, 5.74) is 10.1. The molecule has 17 heavy (non-hydrogen) atoms. The number of ether oxygens (including phenoxy) is 1. The van der Waals surface area contributed by atoms with Gasteiger partial charge in [0.1, 0.15) is 5.65 Å². The van der Waals surface area contributed by atoms with Gasteiger partial charge in [-0.2, -0.15) is 0 Å². The topological polar surface area (TPSA) is 92.4 Å². The number of imidazole rings is 1. The van der Waals surface area contributed by atoms with E-state index >= 15 is 0 Å². The van der Waals surface area contributed by atoms with Gasteiger partial charge in [0, 0.05) is 23.0 Å². The van der Waals surface area contributed by atoms with Crippen LogP contribution in [0.25, 0.3) is 16.1 Å². The maximum atomic E-state index is 11.3. The van der Waals surface area contributed by atoms with Crippen LogP contribution in [0.4, 0.5) is 0 Å². The average Bonchev–Trinajstić information content (AvgIpc) is 2.77. The van der Waals surface area contributed by atoms with E-state index in [-0.39, 0.29) is 6.54 Å². The number of methoxy groups -OCH3 is 1. The molecule has 0 unspecified atom stereocenters. The van der Waals surface area contributed by atoms with Crippen molar-refractivity contribution in [1.29, 1.82) is 0 Å². The summed E-state index contributed by atoms with van der Waals surface area (Å²) in [6, 6.07) is 3.24. The lowest BCUT2D eigenvalue weighted by Crippen LogP contribution is -2.02. The lowest BCUT2D eigenvalue weighted by molar-refractivity contribution is 0.0600. The minimum atomic E-state index is -0.410. The molecular weight excluding hydrogens is 222 g/mol. The molecule has 0 aliphatic carbocycles. The summed E-state index contributed by atoms with van der Waals surface area (Å²) < 4.78 is 6.37. The predicted octanol–water partition coefficient (Wildman–Crippen LogP) is 1.93. The summed E-state index contributed by atoms with van der Waals surface area (Å²) in [5.74, 6) is -0.410. The van der Waals surface area contributed by atoms with Gasteiger partial charge in [0.05, 0.1) is 19.2 Å². The first-order valence-electron chi connectivity index (χ1n) is 4.81. The largest absolute Gasteiger partial charge is 0.465 e. The van der Waals surface area contributed by atoms with E-state index in [9.17, 15) is 4.79 Å². The van der Waals surface area contributed by atoms with Crippen molar-refractivity contribution in [2.24, 2.45) is 5.11 Å². The Labute approximate surface area is 96.3 Å². The number of nitrogens with zero attached hydrogens (tertiary/aromatic N) is 5. The third-order valence-corrected chi connectivity index (χ3v) is 2.31. The number of hydrogen-bond donors (Lipinski definition) is 0. The van der Waals surface area contributed by atoms with E-state index < -0.39 is 5.97 Å². The zero-order chi connectivity index (χ0) is 12.3. The molecule has 86 valence electrons. The highest BCUT2D eigenvalue weighted by Gasteiger charge is 2.08. The first kappa shape index (κ1) is 11.0. The second-order valence-electron chi connectivity index (χ2n) is 3.27. The average molecular weight is 231 g/mol. The van der Waals surface area contributed by atoms with Crippen LogP contribution in [-0.4, -0.2) is 22.5 Å². The molecule has 0 N–H and O–H groups in total. The highest BCUT2D eigenvalue weighted by molar-refractivity contribution is 5.90. The van der Waals surface area contributed by atoms with Crippen LogP contribution in [0.3, 0.4) is 0 Å². The third-order valence-electron chi connectivity index (χ3n) is 2.31. The maximum absolute atomic E-state index is 11.3. The number of pyridine rings is 1. The fourth-order valence-corrected chi connectivity index (χ4v) is 1.50. The molecule has 0 saturated heterocycles. The Morgan fingerprint density at radius 3 is 3.24 bits per heavy atom. The predicted molar refractivity (Wildman–Crippen MR) is 59.4 cm³/mol. The molecule has 7 heteroatoms. The Balaban J connectivity index is 2.44. The molecule has 0 saturated carbocycles. The number of rotatable bonds is 3. The van der Waals surface area contributed by atoms with Gasteiger partial charge in [0.25, 0.3) is 0 Å². The molecule has 0 fully saturated rings. The van der Waals surface area contributed by atoms with Crippen LogP contribution in [0.5, 0.6) is 0 Å². The zero-order valence-corrected chi connectivity index (χ0v) is 9.07. The second-order valence-corrected chi connectivity index (χ2v) is 3.27. The molecule has 0 spiro atoms. The van der Waals surface area contributed by atoms with E-state index in [0.29, 0.717) is 11.2 Å². The third kappa shape index (κ3) is 2.04. The van der Waals surface area contributed by atoms with Gasteiger partial charge in [-0.3, -0.25) is 0 Å². The molecule has 0 aliphatic heterocycles. The van der Waals surface area contributed by atoms with Crippen molar-refractivity contribution in [2.75, 3.05) is 7.11 Å². The standard InChI is InChI=1S/C10H9N5O2/c1-17-10(16)7-2-3-15-8(6-13-14-11)5-12-9(15)4-7/h2-5H,6H2,1H3. The van der Waals surface area contributed by atoms with Gasteiger partial charge >= 0.3 is 5.97 Å². The van der Waals surface area contributed by atoms with Crippen molar-refractivity contribution < 1.29 is 9.53 Å². The normalized spacial score (nSPS) is 9.94. The molecular formula is C10H9N5O2. The zero-order valence-electron chi connectivity index (χ0n) is 9.07. The van der Waals surface area contributed by atoms with Crippen LogP contribution in [0.15, 0.2) is 29.6 Å². The second kappa shape index (κ2) is 4.54. The highest BCUT2D eigenvalue weighted by atomic mass is 16.5. The van der Waals surface area contributed by atoms with Crippen molar-refractivity contribution in [1.82, 2.24) is 9.38 Å². The quantitative estimate of drug-likeness (QED) is 0.349. The monoisotopic (exact) mass is 231 g/mol. The van der Waals surface area contributed by atoms with Crippen LogP contribution in [0.1, 0.15) is 16.1 Å². The number of hydrogen-bond acceptors (Lipinski definition) is 4. The Morgan fingerprint density at radius 1 is 1.71 bits per heavy atom. The summed E-state index contributed by atoms with van der Waals surface area (Å²) in [5, 5.41) is 3.47. The number of esters is 1. The number of azide groups is 1. The molecule has 2 aromatic rings. The van der Waals surface area contributed by atoms with Crippen LogP contribution < -0.4 is 0 Å². The minimum Gasteiger partial charge on any atom is -0.465 e. The number of carbonyl (C=O) groups is 1. The van der Waals surface area contributed by atoms with E-state index in [2.05, 4.69) is 19.7 Å². The molecule has 0 aromatic carbocycles. The first-order chi connectivity index (χ1) is 8.26. The van der Waals surface area contributed by atoms with Crippen molar-refractivity contribution in [3.63, 3.8) is 0 Å². The van der Waals surface area contributed by atoms with E-state index in [1.807, 2.05) is 0 Å². The Kier molecular flexibility index (Phi) is 2.93. The van der Waals surface area contributed by atoms with E-state index in [1.165, 1.54) is 7.11 Å². The molecule has 0 bridgehead atoms. The van der Waals surface area contributed by atoms with Gasteiger partial charge in [-0.15, -0.1) is 0 Å². The molecule has 0 aliphatic rings. The molecule has 0 amide bonds. The number of aromatic nitrogens is 2. The van der Waals surface area contributed by atoms with Crippen LogP contribution >= 0.6 is 0 Å². The van der Waals surface area contributed by atoms with Gasteiger partial charge in [0.2, 0.25) is 0 Å². The lowest BCUT2D eigenvalue weighted by atomic mass is 10.2. The smallest absolute Gasteiger partial charge is 0.338 e. The maximum Gasteiger partial charge on any atom is 0.338 e. The Bertz CT molecular complexity index is 612. The summed E-state index contributed by atoms with van der Waals surface area (Å²) in [6.45, 7) is 0.217. The van der Waals surface area contributed by atoms with E-state index in [0.717, 1.165) is 5.69 Å². The van der Waals surface area contributed by atoms with Gasteiger partial charge in [-0.1, -0.05) is 5.11 Å². The summed E-state index contributed by atoms with van der Waals surface area (Å²) >= 11 is 0. The molecule has 7 nitrogen and oxygen atoms in total. The summed E-state index contributed by atoms with van der Waals surface area (Å²) in [6.07, 6.45) is 3.29. The van der Waals surface area contributed by atoms with Crippen LogP contribution in [0, 0.1) is 0 Å². The molecule has 2 heterocycles. The molecule has 0 radical (unpaired) electrons. The number of fused-ring (bicyclic) bond motifs is 1. The van der Waals surface area contributed by atoms with Crippen molar-refractivity contribution in [3.05, 3.63) is 46.2 Å². The SMILES string of the molecule is COC(=O)c1ccn2c(CN=[N+]=[N-])cnc2c1. The summed E-state index contributed by atoms with van der Waals surface area (Å²) in [4.78, 5) is 18.1. The summed E-state index contributed by atoms with van der Waals surface area (Å²) in [7, 11) is 1.32. The van der Waals surface area contributed by atoms with Crippen molar-refractivity contribution >= 4 is 11.6 Å². The highest BCUT2D eigenvalue weighted by Crippen LogP contribution is 2.11. The van der Waals surface area contributed by atoms with Gasteiger partial charge in [-0.05, 0) is 17.7 Å². The van der Waals surface area contributed by atoms with E-state index in [1.54, 1.807) is 28.9 Å². The van der Waals surface area contributed by atoms with Crippen molar-refractivity contribution in [3.8, 4) is 0 Å². The van der Waals surface area contributed by atoms with Crippen molar-refractivity contribution in [2.45, 2.75) is 6.54 Å². The van der Waals surface area contributed by atoms with E-state index in [4.69, 9.17) is 5.53 Å².